The number of hydrogen-bond donors (Lipinski definition) is 0. The van der Waals surface area contributed by atoms with Crippen LogP contribution in [0.15, 0.2) is 60.7 Å². The third-order valence-corrected chi connectivity index (χ3v) is 2.81. The molecule has 8 heteroatoms. The van der Waals surface area contributed by atoms with E-state index in [1.807, 2.05) is 0 Å². The van der Waals surface area contributed by atoms with E-state index in [0.29, 0.717) is 0 Å². The Morgan fingerprint density at radius 1 is 0.625 bits per heavy atom. The summed E-state index contributed by atoms with van der Waals surface area (Å²) < 4.78 is 63.2. The van der Waals surface area contributed by atoms with Crippen molar-refractivity contribution in [3.8, 4) is 11.5 Å². The van der Waals surface area contributed by atoms with Gasteiger partial charge in [0.05, 0.1) is 0 Å². The number of hydrogen-bond acceptors (Lipinski definition) is 4. The van der Waals surface area contributed by atoms with Gasteiger partial charge in [-0.2, -0.15) is 17.6 Å². The molecule has 4 nitrogen and oxygen atoms in total. The minimum atomic E-state index is -5.41. The molecule has 0 N–H and O–H groups in total. The van der Waals surface area contributed by atoms with Crippen LogP contribution >= 0.6 is 0 Å². The highest BCUT2D eigenvalue weighted by Crippen LogP contribution is 2.37. The SMILES string of the molecule is O=C(Oc1ccccc1)C(F)(F)C(F)(F)C(=O)Oc1ccccc1. The average Bonchev–Trinajstić information content (AvgIpc) is 2.56. The Kier molecular flexibility index (Phi) is 4.87. The first kappa shape index (κ1) is 17.5. The van der Waals surface area contributed by atoms with Gasteiger partial charge in [0.1, 0.15) is 11.5 Å². The second-order valence-corrected chi connectivity index (χ2v) is 4.55. The summed E-state index contributed by atoms with van der Waals surface area (Å²) in [6.07, 6.45) is 0. The summed E-state index contributed by atoms with van der Waals surface area (Å²) in [5.41, 5.74) is 0. The molecule has 24 heavy (non-hydrogen) atoms. The summed E-state index contributed by atoms with van der Waals surface area (Å²) in [5.74, 6) is -16.7. The summed E-state index contributed by atoms with van der Waals surface area (Å²) in [6, 6.07) is 12.9. The van der Waals surface area contributed by atoms with E-state index in [2.05, 4.69) is 9.47 Å². The molecule has 2 rings (SSSR count). The maximum Gasteiger partial charge on any atom is 0.416 e. The van der Waals surface area contributed by atoms with Gasteiger partial charge in [0.25, 0.3) is 0 Å². The molecule has 0 saturated carbocycles. The Bertz CT molecular complexity index is 654. The topological polar surface area (TPSA) is 52.6 Å². The molecule has 126 valence electrons. The lowest BCUT2D eigenvalue weighted by Gasteiger charge is -2.22. The van der Waals surface area contributed by atoms with Crippen LogP contribution in [0.25, 0.3) is 0 Å². The van der Waals surface area contributed by atoms with Gasteiger partial charge in [0, 0.05) is 0 Å². The van der Waals surface area contributed by atoms with E-state index < -0.39 is 23.8 Å². The molecule has 0 amide bonds. The third-order valence-electron chi connectivity index (χ3n) is 2.81. The Labute approximate surface area is 133 Å². The largest absolute Gasteiger partial charge is 0.422 e. The van der Waals surface area contributed by atoms with E-state index in [0.717, 1.165) is 24.3 Å². The van der Waals surface area contributed by atoms with Gasteiger partial charge in [-0.15, -0.1) is 0 Å². The summed E-state index contributed by atoms with van der Waals surface area (Å²) in [5, 5.41) is 0. The summed E-state index contributed by atoms with van der Waals surface area (Å²) >= 11 is 0. The smallest absolute Gasteiger partial charge is 0.416 e. The molecule has 0 unspecified atom stereocenters. The number of alkyl halides is 4. The number of para-hydroxylation sites is 2. The van der Waals surface area contributed by atoms with Crippen molar-refractivity contribution in [1.29, 1.82) is 0 Å². The fourth-order valence-electron chi connectivity index (χ4n) is 1.58. The van der Waals surface area contributed by atoms with Crippen LogP contribution in [0.3, 0.4) is 0 Å². The van der Waals surface area contributed by atoms with Crippen molar-refractivity contribution >= 4 is 11.9 Å². The zero-order valence-electron chi connectivity index (χ0n) is 11.9. The van der Waals surface area contributed by atoms with Crippen LogP contribution in [0, 0.1) is 0 Å². The molecule has 0 aliphatic rings. The van der Waals surface area contributed by atoms with Gasteiger partial charge in [0.15, 0.2) is 0 Å². The minimum absolute atomic E-state index is 0.366. The molecule has 0 aliphatic carbocycles. The summed E-state index contributed by atoms with van der Waals surface area (Å²) in [6.45, 7) is 0. The fraction of sp³-hybridized carbons (Fsp3) is 0.125. The molecule has 0 spiro atoms. The van der Waals surface area contributed by atoms with Crippen molar-refractivity contribution in [3.63, 3.8) is 0 Å². The lowest BCUT2D eigenvalue weighted by Crippen LogP contribution is -2.55. The van der Waals surface area contributed by atoms with Gasteiger partial charge in [-0.05, 0) is 24.3 Å². The van der Waals surface area contributed by atoms with Crippen molar-refractivity contribution < 1.29 is 36.6 Å². The molecule has 0 fully saturated rings. The maximum absolute atomic E-state index is 13.7. The molecule has 0 atom stereocenters. The zero-order valence-corrected chi connectivity index (χ0v) is 11.9. The van der Waals surface area contributed by atoms with Crippen LogP contribution in [-0.2, 0) is 9.59 Å². The lowest BCUT2D eigenvalue weighted by atomic mass is 10.1. The van der Waals surface area contributed by atoms with Gasteiger partial charge >= 0.3 is 23.8 Å². The van der Waals surface area contributed by atoms with E-state index in [4.69, 9.17) is 0 Å². The maximum atomic E-state index is 13.7. The summed E-state index contributed by atoms with van der Waals surface area (Å²) in [4.78, 5) is 22.8. The molecule has 0 saturated heterocycles. The Morgan fingerprint density at radius 2 is 0.917 bits per heavy atom. The van der Waals surface area contributed by atoms with Crippen molar-refractivity contribution in [2.75, 3.05) is 0 Å². The van der Waals surface area contributed by atoms with Crippen LogP contribution in [0.2, 0.25) is 0 Å². The van der Waals surface area contributed by atoms with Crippen molar-refractivity contribution in [2.45, 2.75) is 11.8 Å². The fourth-order valence-corrected chi connectivity index (χ4v) is 1.58. The van der Waals surface area contributed by atoms with Crippen LogP contribution in [0.4, 0.5) is 17.6 Å². The Morgan fingerprint density at radius 3 is 1.21 bits per heavy atom. The van der Waals surface area contributed by atoms with Gasteiger partial charge in [-0.1, -0.05) is 36.4 Å². The number of esters is 2. The van der Waals surface area contributed by atoms with Crippen molar-refractivity contribution in [2.24, 2.45) is 0 Å². The zero-order chi connectivity index (χ0) is 17.8. The predicted octanol–water partition coefficient (Wildman–Crippen LogP) is 3.47. The second-order valence-electron chi connectivity index (χ2n) is 4.55. The molecular weight excluding hydrogens is 332 g/mol. The molecule has 2 aromatic rings. The van der Waals surface area contributed by atoms with Crippen LogP contribution < -0.4 is 9.47 Å². The highest BCUT2D eigenvalue weighted by molar-refractivity contribution is 5.91. The number of ether oxygens (including phenoxy) is 2. The van der Waals surface area contributed by atoms with Crippen LogP contribution in [0.5, 0.6) is 11.5 Å². The highest BCUT2D eigenvalue weighted by atomic mass is 19.3. The van der Waals surface area contributed by atoms with E-state index in [9.17, 15) is 27.2 Å². The number of rotatable bonds is 5. The van der Waals surface area contributed by atoms with Gasteiger partial charge < -0.3 is 9.47 Å². The molecular formula is C16H10F4O4. The monoisotopic (exact) mass is 342 g/mol. The molecule has 0 bridgehead atoms. The molecule has 0 heterocycles. The third kappa shape index (κ3) is 3.53. The molecule has 0 aromatic heterocycles. The number of halogens is 4. The Balaban J connectivity index is 2.15. The molecule has 0 aliphatic heterocycles. The van der Waals surface area contributed by atoms with Crippen molar-refractivity contribution in [1.82, 2.24) is 0 Å². The summed E-state index contributed by atoms with van der Waals surface area (Å²) in [7, 11) is 0. The van der Waals surface area contributed by atoms with E-state index in [1.54, 1.807) is 0 Å². The Hall–Kier alpha value is -2.90. The van der Waals surface area contributed by atoms with Gasteiger partial charge in [-0.25, -0.2) is 9.59 Å². The van der Waals surface area contributed by atoms with E-state index >= 15 is 0 Å². The number of benzene rings is 2. The number of carbonyl (C=O) groups is 2. The van der Waals surface area contributed by atoms with E-state index in [1.165, 1.54) is 36.4 Å². The normalized spacial score (nSPS) is 11.7. The highest BCUT2D eigenvalue weighted by Gasteiger charge is 2.69. The molecule has 0 radical (unpaired) electrons. The second kappa shape index (κ2) is 6.69. The molecule has 2 aromatic carbocycles. The standard InChI is InChI=1S/C16H10F4O4/c17-15(18,13(21)23-11-7-3-1-4-8-11)16(19,20)14(22)24-12-9-5-2-6-10-12/h1-10H. The van der Waals surface area contributed by atoms with Gasteiger partial charge in [-0.3, -0.25) is 0 Å². The number of carbonyl (C=O) groups excluding carboxylic acids is 2. The first-order valence-corrected chi connectivity index (χ1v) is 6.55. The quantitative estimate of drug-likeness (QED) is 0.474. The average molecular weight is 342 g/mol. The van der Waals surface area contributed by atoms with Crippen LogP contribution in [-0.4, -0.2) is 23.8 Å². The predicted molar refractivity (Wildman–Crippen MR) is 74.0 cm³/mol. The first-order valence-electron chi connectivity index (χ1n) is 6.55. The van der Waals surface area contributed by atoms with E-state index in [-0.39, 0.29) is 11.5 Å². The van der Waals surface area contributed by atoms with Crippen LogP contribution in [0.1, 0.15) is 0 Å². The van der Waals surface area contributed by atoms with Crippen molar-refractivity contribution in [3.05, 3.63) is 60.7 Å². The minimum Gasteiger partial charge on any atom is -0.422 e. The van der Waals surface area contributed by atoms with Gasteiger partial charge in [0.2, 0.25) is 0 Å². The first-order chi connectivity index (χ1) is 11.2. The lowest BCUT2D eigenvalue weighted by molar-refractivity contribution is -0.228.